The summed E-state index contributed by atoms with van der Waals surface area (Å²) in [5, 5.41) is 8.24. The summed E-state index contributed by atoms with van der Waals surface area (Å²) in [6, 6.07) is 12.0. The molecule has 6 nitrogen and oxygen atoms in total. The normalized spacial score (nSPS) is 11.1. The first-order chi connectivity index (χ1) is 9.90. The van der Waals surface area contributed by atoms with Gasteiger partial charge in [0.1, 0.15) is 10.6 Å². The second kappa shape index (κ2) is 6.02. The Morgan fingerprint density at radius 1 is 1.14 bits per heavy atom. The minimum atomic E-state index is -3.83. The zero-order chi connectivity index (χ0) is 15.5. The van der Waals surface area contributed by atoms with E-state index in [1.165, 1.54) is 6.07 Å². The predicted molar refractivity (Wildman–Crippen MR) is 82.5 cm³/mol. The quantitative estimate of drug-likeness (QED) is 0.726. The van der Waals surface area contributed by atoms with Gasteiger partial charge in [-0.2, -0.15) is 0 Å². The van der Waals surface area contributed by atoms with Crippen LogP contribution in [0.1, 0.15) is 5.56 Å². The number of sulfonamides is 1. The Bertz CT molecular complexity index is 728. The number of methoxy groups -OCH3 is 1. The largest absolute Gasteiger partial charge is 0.497 e. The molecule has 0 aliphatic rings. The number of ether oxygens (including phenoxy) is 1. The van der Waals surface area contributed by atoms with Crippen molar-refractivity contribution in [2.75, 3.05) is 18.2 Å². The Morgan fingerprint density at radius 2 is 1.81 bits per heavy atom. The average molecular weight is 307 g/mol. The van der Waals surface area contributed by atoms with Crippen LogP contribution in [0.4, 0.5) is 11.4 Å². The van der Waals surface area contributed by atoms with Crippen molar-refractivity contribution in [1.29, 1.82) is 0 Å². The Kier molecular flexibility index (Phi) is 4.35. The fraction of sp³-hybridized carbons (Fsp3) is 0.143. The molecule has 0 amide bonds. The highest BCUT2D eigenvalue weighted by molar-refractivity contribution is 7.89. The molecule has 0 bridgehead atoms. The molecule has 0 fully saturated rings. The predicted octanol–water partition coefficient (Wildman–Crippen LogP) is 1.54. The highest BCUT2D eigenvalue weighted by Crippen LogP contribution is 2.23. The lowest BCUT2D eigenvalue weighted by atomic mass is 10.2. The highest BCUT2D eigenvalue weighted by atomic mass is 32.2. The van der Waals surface area contributed by atoms with Gasteiger partial charge in [0, 0.05) is 12.2 Å². The lowest BCUT2D eigenvalue weighted by molar-refractivity contribution is 0.414. The minimum Gasteiger partial charge on any atom is -0.497 e. The first-order valence-electron chi connectivity index (χ1n) is 6.19. The third-order valence-electron chi connectivity index (χ3n) is 2.95. The van der Waals surface area contributed by atoms with Crippen molar-refractivity contribution in [2.24, 2.45) is 5.14 Å². The van der Waals surface area contributed by atoms with Gasteiger partial charge < -0.3 is 15.8 Å². The maximum Gasteiger partial charge on any atom is 0.240 e. The van der Waals surface area contributed by atoms with Crippen molar-refractivity contribution < 1.29 is 13.2 Å². The van der Waals surface area contributed by atoms with E-state index in [0.717, 1.165) is 11.3 Å². The molecular weight excluding hydrogens is 290 g/mol. The summed E-state index contributed by atoms with van der Waals surface area (Å²) in [6.45, 7) is 0.455. The average Bonchev–Trinajstić information content (AvgIpc) is 2.45. The van der Waals surface area contributed by atoms with E-state index in [1.54, 1.807) is 19.2 Å². The topological polar surface area (TPSA) is 107 Å². The van der Waals surface area contributed by atoms with Crippen LogP contribution in [0, 0.1) is 0 Å². The van der Waals surface area contributed by atoms with Crippen LogP contribution in [0.3, 0.4) is 0 Å². The fourth-order valence-corrected chi connectivity index (χ4v) is 2.61. The Labute approximate surface area is 123 Å². The van der Waals surface area contributed by atoms with Gasteiger partial charge >= 0.3 is 0 Å². The van der Waals surface area contributed by atoms with Crippen LogP contribution in [0.2, 0.25) is 0 Å². The smallest absolute Gasteiger partial charge is 0.240 e. The summed E-state index contributed by atoms with van der Waals surface area (Å²) in [5.74, 6) is 0.761. The second-order valence-electron chi connectivity index (χ2n) is 4.50. The van der Waals surface area contributed by atoms with Crippen LogP contribution in [0.25, 0.3) is 0 Å². The third kappa shape index (κ3) is 3.87. The van der Waals surface area contributed by atoms with Crippen molar-refractivity contribution in [2.45, 2.75) is 11.4 Å². The molecule has 0 aromatic heterocycles. The van der Waals surface area contributed by atoms with Crippen LogP contribution in [0.5, 0.6) is 5.75 Å². The van der Waals surface area contributed by atoms with Gasteiger partial charge in [-0.05, 0) is 35.9 Å². The van der Waals surface area contributed by atoms with E-state index in [2.05, 4.69) is 5.32 Å². The maximum absolute atomic E-state index is 11.6. The third-order valence-corrected chi connectivity index (χ3v) is 3.91. The Balaban J connectivity index is 2.19. The fourth-order valence-electron chi connectivity index (χ4n) is 1.86. The number of nitrogens with one attached hydrogen (secondary N) is 1. The molecule has 0 radical (unpaired) electrons. The molecule has 5 N–H and O–H groups in total. The number of anilines is 2. The van der Waals surface area contributed by atoms with Gasteiger partial charge in [-0.3, -0.25) is 0 Å². The van der Waals surface area contributed by atoms with Crippen LogP contribution in [-0.2, 0) is 16.6 Å². The van der Waals surface area contributed by atoms with Gasteiger partial charge in [-0.15, -0.1) is 0 Å². The molecule has 2 aromatic rings. The van der Waals surface area contributed by atoms with Gasteiger partial charge in [0.15, 0.2) is 0 Å². The molecular formula is C14H17N3O3S. The summed E-state index contributed by atoms with van der Waals surface area (Å²) in [7, 11) is -2.24. The molecule has 2 aromatic carbocycles. The van der Waals surface area contributed by atoms with E-state index >= 15 is 0 Å². The Hall–Kier alpha value is -2.25. The SMILES string of the molecule is COc1ccc(CNc2ccc(N)cc2S(N)(=O)=O)cc1. The molecule has 7 heteroatoms. The molecule has 0 heterocycles. The summed E-state index contributed by atoms with van der Waals surface area (Å²) in [4.78, 5) is -0.0176. The summed E-state index contributed by atoms with van der Waals surface area (Å²) < 4.78 is 28.2. The number of hydrogen-bond donors (Lipinski definition) is 3. The Morgan fingerprint density at radius 3 is 2.38 bits per heavy atom. The zero-order valence-electron chi connectivity index (χ0n) is 11.5. The molecule has 0 spiro atoms. The van der Waals surface area contributed by atoms with Gasteiger partial charge in [-0.1, -0.05) is 12.1 Å². The van der Waals surface area contributed by atoms with E-state index in [-0.39, 0.29) is 4.90 Å². The highest BCUT2D eigenvalue weighted by Gasteiger charge is 2.14. The molecule has 21 heavy (non-hydrogen) atoms. The second-order valence-corrected chi connectivity index (χ2v) is 6.03. The van der Waals surface area contributed by atoms with Gasteiger partial charge in [0.05, 0.1) is 12.8 Å². The summed E-state index contributed by atoms with van der Waals surface area (Å²) >= 11 is 0. The summed E-state index contributed by atoms with van der Waals surface area (Å²) in [6.07, 6.45) is 0. The van der Waals surface area contributed by atoms with Crippen molar-refractivity contribution >= 4 is 21.4 Å². The van der Waals surface area contributed by atoms with Crippen LogP contribution >= 0.6 is 0 Å². The molecule has 0 aliphatic carbocycles. The molecule has 112 valence electrons. The van der Waals surface area contributed by atoms with Crippen molar-refractivity contribution in [3.8, 4) is 5.75 Å². The number of benzene rings is 2. The number of hydrogen-bond acceptors (Lipinski definition) is 5. The standard InChI is InChI=1S/C14H17N3O3S/c1-20-12-5-2-10(3-6-12)9-17-13-7-4-11(15)8-14(13)21(16,18)19/h2-8,17H,9,15H2,1H3,(H2,16,18,19). The number of nitrogens with two attached hydrogens (primary N) is 2. The summed E-state index contributed by atoms with van der Waals surface area (Å²) in [5.41, 5.74) is 7.34. The van der Waals surface area contributed by atoms with Crippen molar-refractivity contribution in [3.63, 3.8) is 0 Å². The first-order valence-corrected chi connectivity index (χ1v) is 7.74. The number of nitrogen functional groups attached to an aromatic ring is 1. The van der Waals surface area contributed by atoms with E-state index < -0.39 is 10.0 Å². The molecule has 0 saturated heterocycles. The van der Waals surface area contributed by atoms with E-state index in [4.69, 9.17) is 15.6 Å². The molecule has 2 rings (SSSR count). The van der Waals surface area contributed by atoms with E-state index in [9.17, 15) is 8.42 Å². The zero-order valence-corrected chi connectivity index (χ0v) is 12.4. The van der Waals surface area contributed by atoms with Crippen LogP contribution in [0.15, 0.2) is 47.4 Å². The number of primary sulfonamides is 1. The monoisotopic (exact) mass is 307 g/mol. The molecule has 0 aliphatic heterocycles. The lowest BCUT2D eigenvalue weighted by Crippen LogP contribution is -2.15. The van der Waals surface area contributed by atoms with Crippen LogP contribution in [-0.4, -0.2) is 15.5 Å². The number of rotatable bonds is 5. The first kappa shape index (κ1) is 15.1. The van der Waals surface area contributed by atoms with Gasteiger partial charge in [-0.25, -0.2) is 13.6 Å². The molecule has 0 saturated carbocycles. The van der Waals surface area contributed by atoms with E-state index in [1.807, 2.05) is 24.3 Å². The van der Waals surface area contributed by atoms with Gasteiger partial charge in [0.25, 0.3) is 0 Å². The minimum absolute atomic E-state index is 0.0176. The lowest BCUT2D eigenvalue weighted by Gasteiger charge is -2.12. The van der Waals surface area contributed by atoms with E-state index in [0.29, 0.717) is 17.9 Å². The molecule has 0 atom stereocenters. The maximum atomic E-state index is 11.6. The van der Waals surface area contributed by atoms with Crippen LogP contribution < -0.4 is 20.9 Å². The van der Waals surface area contributed by atoms with Crippen molar-refractivity contribution in [3.05, 3.63) is 48.0 Å². The van der Waals surface area contributed by atoms with Gasteiger partial charge in [0.2, 0.25) is 10.0 Å². The van der Waals surface area contributed by atoms with Crippen molar-refractivity contribution in [1.82, 2.24) is 0 Å². The molecule has 0 unspecified atom stereocenters.